The van der Waals surface area contributed by atoms with Crippen molar-refractivity contribution in [2.75, 3.05) is 0 Å². The lowest BCUT2D eigenvalue weighted by Crippen LogP contribution is -2.29. The SMILES string of the molecule is O=C(O)[C@@H](Cc1ccccc1Sc1ccccc1)Oc1ccccc1Cl. The molecule has 3 rings (SSSR count). The van der Waals surface area contributed by atoms with Crippen molar-refractivity contribution in [3.63, 3.8) is 0 Å². The molecule has 0 aliphatic carbocycles. The van der Waals surface area contributed by atoms with Crippen LogP contribution in [0.15, 0.2) is 88.7 Å². The van der Waals surface area contributed by atoms with E-state index in [1.165, 1.54) is 0 Å². The highest BCUT2D eigenvalue weighted by molar-refractivity contribution is 7.99. The zero-order valence-corrected chi connectivity index (χ0v) is 15.4. The van der Waals surface area contributed by atoms with Crippen molar-refractivity contribution < 1.29 is 14.6 Å². The minimum absolute atomic E-state index is 0.247. The fraction of sp³-hybridized carbons (Fsp3) is 0.0952. The van der Waals surface area contributed by atoms with E-state index in [9.17, 15) is 9.90 Å². The summed E-state index contributed by atoms with van der Waals surface area (Å²) in [5.74, 6) is -0.654. The summed E-state index contributed by atoms with van der Waals surface area (Å²) >= 11 is 7.70. The van der Waals surface area contributed by atoms with Gasteiger partial charge in [0, 0.05) is 16.2 Å². The third kappa shape index (κ3) is 4.81. The first-order valence-corrected chi connectivity index (χ1v) is 9.28. The Morgan fingerprint density at radius 1 is 0.962 bits per heavy atom. The Morgan fingerprint density at radius 3 is 2.35 bits per heavy atom. The molecule has 0 spiro atoms. The van der Waals surface area contributed by atoms with E-state index in [0.29, 0.717) is 10.8 Å². The van der Waals surface area contributed by atoms with E-state index in [1.807, 2.05) is 54.6 Å². The fourth-order valence-electron chi connectivity index (χ4n) is 2.46. The molecule has 0 bridgehead atoms. The number of carboxylic acids is 1. The molecule has 0 saturated carbocycles. The molecule has 0 radical (unpaired) electrons. The molecule has 3 nitrogen and oxygen atoms in total. The minimum atomic E-state index is -1.02. The Morgan fingerprint density at radius 2 is 1.62 bits per heavy atom. The maximum absolute atomic E-state index is 11.7. The molecule has 0 fully saturated rings. The van der Waals surface area contributed by atoms with Gasteiger partial charge in [-0.05, 0) is 35.9 Å². The third-order valence-electron chi connectivity index (χ3n) is 3.73. The van der Waals surface area contributed by atoms with Crippen molar-refractivity contribution in [3.8, 4) is 5.75 Å². The monoisotopic (exact) mass is 384 g/mol. The largest absolute Gasteiger partial charge is 0.478 e. The molecule has 0 aliphatic rings. The summed E-state index contributed by atoms with van der Waals surface area (Å²) in [5.41, 5.74) is 0.917. The van der Waals surface area contributed by atoms with Gasteiger partial charge in [-0.15, -0.1) is 0 Å². The molecule has 3 aromatic rings. The molecule has 132 valence electrons. The van der Waals surface area contributed by atoms with Crippen LogP contribution in [0.25, 0.3) is 0 Å². The van der Waals surface area contributed by atoms with E-state index in [1.54, 1.807) is 36.0 Å². The van der Waals surface area contributed by atoms with E-state index in [4.69, 9.17) is 16.3 Å². The highest BCUT2D eigenvalue weighted by Crippen LogP contribution is 2.32. The first-order valence-electron chi connectivity index (χ1n) is 8.08. The van der Waals surface area contributed by atoms with E-state index < -0.39 is 12.1 Å². The predicted octanol–water partition coefficient (Wildman–Crippen LogP) is 5.57. The second-order valence-electron chi connectivity index (χ2n) is 5.60. The van der Waals surface area contributed by atoms with Gasteiger partial charge in [-0.1, -0.05) is 71.9 Å². The number of ether oxygens (including phenoxy) is 1. The van der Waals surface area contributed by atoms with Gasteiger partial charge in [0.05, 0.1) is 5.02 Å². The van der Waals surface area contributed by atoms with Crippen LogP contribution in [-0.4, -0.2) is 17.2 Å². The van der Waals surface area contributed by atoms with Crippen LogP contribution in [0.3, 0.4) is 0 Å². The predicted molar refractivity (Wildman–Crippen MR) is 104 cm³/mol. The van der Waals surface area contributed by atoms with Crippen molar-refractivity contribution in [2.24, 2.45) is 0 Å². The highest BCUT2D eigenvalue weighted by atomic mass is 35.5. The second kappa shape index (κ2) is 8.79. The number of hydrogen-bond acceptors (Lipinski definition) is 3. The van der Waals surface area contributed by atoms with Crippen molar-refractivity contribution in [1.29, 1.82) is 0 Å². The molecule has 5 heteroatoms. The Labute approximate surface area is 161 Å². The third-order valence-corrected chi connectivity index (χ3v) is 5.17. The summed E-state index contributed by atoms with van der Waals surface area (Å²) in [5, 5.41) is 9.99. The van der Waals surface area contributed by atoms with Crippen LogP contribution in [0, 0.1) is 0 Å². The van der Waals surface area contributed by atoms with Crippen LogP contribution in [0.2, 0.25) is 5.02 Å². The molecule has 0 aliphatic heterocycles. The minimum Gasteiger partial charge on any atom is -0.478 e. The van der Waals surface area contributed by atoms with Crippen LogP contribution in [0.4, 0.5) is 0 Å². The Kier molecular flexibility index (Phi) is 6.21. The number of aliphatic carboxylic acids is 1. The van der Waals surface area contributed by atoms with Crippen LogP contribution >= 0.6 is 23.4 Å². The molecular weight excluding hydrogens is 368 g/mol. The zero-order chi connectivity index (χ0) is 18.4. The molecule has 3 aromatic carbocycles. The van der Waals surface area contributed by atoms with E-state index >= 15 is 0 Å². The van der Waals surface area contributed by atoms with Crippen molar-refractivity contribution in [1.82, 2.24) is 0 Å². The normalized spacial score (nSPS) is 11.7. The lowest BCUT2D eigenvalue weighted by Gasteiger charge is -2.18. The maximum Gasteiger partial charge on any atom is 0.345 e. The van der Waals surface area contributed by atoms with E-state index in [-0.39, 0.29) is 6.42 Å². The maximum atomic E-state index is 11.7. The summed E-state index contributed by atoms with van der Waals surface area (Å²) in [6.45, 7) is 0. The van der Waals surface area contributed by atoms with Crippen molar-refractivity contribution in [3.05, 3.63) is 89.4 Å². The topological polar surface area (TPSA) is 46.5 Å². The quantitative estimate of drug-likeness (QED) is 0.578. The first-order chi connectivity index (χ1) is 12.6. The molecule has 0 unspecified atom stereocenters. The smallest absolute Gasteiger partial charge is 0.345 e. The second-order valence-corrected chi connectivity index (χ2v) is 7.12. The van der Waals surface area contributed by atoms with Crippen LogP contribution in [-0.2, 0) is 11.2 Å². The van der Waals surface area contributed by atoms with Gasteiger partial charge < -0.3 is 9.84 Å². The summed E-state index contributed by atoms with van der Waals surface area (Å²) in [7, 11) is 0. The average Bonchev–Trinajstić information content (AvgIpc) is 2.65. The lowest BCUT2D eigenvalue weighted by atomic mass is 10.1. The Balaban J connectivity index is 1.81. The van der Waals surface area contributed by atoms with Gasteiger partial charge in [-0.2, -0.15) is 0 Å². The fourth-order valence-corrected chi connectivity index (χ4v) is 3.62. The van der Waals surface area contributed by atoms with Crippen molar-refractivity contribution in [2.45, 2.75) is 22.3 Å². The highest BCUT2D eigenvalue weighted by Gasteiger charge is 2.22. The summed E-state index contributed by atoms with van der Waals surface area (Å²) in [6, 6.07) is 24.6. The van der Waals surface area contributed by atoms with Crippen LogP contribution in [0.1, 0.15) is 5.56 Å². The van der Waals surface area contributed by atoms with Gasteiger partial charge >= 0.3 is 5.97 Å². The van der Waals surface area contributed by atoms with Crippen LogP contribution in [0.5, 0.6) is 5.75 Å². The van der Waals surface area contributed by atoms with Gasteiger partial charge in [0.15, 0.2) is 6.10 Å². The molecule has 0 saturated heterocycles. The lowest BCUT2D eigenvalue weighted by molar-refractivity contribution is -0.145. The number of benzene rings is 3. The molecule has 26 heavy (non-hydrogen) atoms. The Bertz CT molecular complexity index is 883. The number of halogens is 1. The molecule has 1 atom stereocenters. The van der Waals surface area contributed by atoms with Crippen molar-refractivity contribution >= 4 is 29.3 Å². The molecule has 0 amide bonds. The standard InChI is InChI=1S/C21H17ClO3S/c22-17-11-5-6-12-18(17)25-19(21(23)24)14-15-8-4-7-13-20(15)26-16-9-2-1-3-10-16/h1-13,19H,14H2,(H,23,24)/t19-/m1/s1. The van der Waals surface area contributed by atoms with E-state index in [2.05, 4.69) is 0 Å². The van der Waals surface area contributed by atoms with Crippen LogP contribution < -0.4 is 4.74 Å². The molecular formula is C21H17ClO3S. The number of para-hydroxylation sites is 1. The van der Waals surface area contributed by atoms with Gasteiger partial charge in [-0.25, -0.2) is 4.79 Å². The first kappa shape index (κ1) is 18.4. The number of carboxylic acid groups (broad SMARTS) is 1. The summed E-state index contributed by atoms with van der Waals surface area (Å²) < 4.78 is 5.68. The molecule has 0 aromatic heterocycles. The van der Waals surface area contributed by atoms with Gasteiger partial charge in [0.25, 0.3) is 0 Å². The summed E-state index contributed by atoms with van der Waals surface area (Å²) in [6.07, 6.45) is -0.774. The number of hydrogen-bond donors (Lipinski definition) is 1. The Hall–Kier alpha value is -2.43. The zero-order valence-electron chi connectivity index (χ0n) is 13.8. The average molecular weight is 385 g/mol. The van der Waals surface area contributed by atoms with Gasteiger partial charge in [0.2, 0.25) is 0 Å². The van der Waals surface area contributed by atoms with Gasteiger partial charge in [0.1, 0.15) is 5.75 Å². The summed E-state index contributed by atoms with van der Waals surface area (Å²) in [4.78, 5) is 13.8. The van der Waals surface area contributed by atoms with E-state index in [0.717, 1.165) is 15.4 Å². The van der Waals surface area contributed by atoms with Gasteiger partial charge in [-0.3, -0.25) is 0 Å². The molecule has 0 heterocycles. The number of carbonyl (C=O) groups is 1. The molecule has 1 N–H and O–H groups in total. The number of rotatable bonds is 7.